The summed E-state index contributed by atoms with van der Waals surface area (Å²) in [6.07, 6.45) is 0. The number of nitrogens with zero attached hydrogens (tertiary/aromatic N) is 3. The van der Waals surface area contributed by atoms with Gasteiger partial charge in [0.1, 0.15) is 22.3 Å². The van der Waals surface area contributed by atoms with Crippen molar-refractivity contribution in [3.05, 3.63) is 188 Å². The molecule has 0 aliphatic heterocycles. The third kappa shape index (κ3) is 5.29. The summed E-state index contributed by atoms with van der Waals surface area (Å²) in [5.74, 6) is 1.75. The van der Waals surface area contributed by atoms with E-state index in [1.807, 2.05) is 36.4 Å². The monoisotopic (exact) mass is 741 g/mol. The Hall–Kier alpha value is -7.89. The van der Waals surface area contributed by atoms with Gasteiger partial charge >= 0.3 is 0 Å². The van der Waals surface area contributed by atoms with Gasteiger partial charge in [-0.15, -0.1) is 0 Å². The Morgan fingerprint density at radius 2 is 0.862 bits per heavy atom. The quantitative estimate of drug-likeness (QED) is 0.176. The first kappa shape index (κ1) is 32.4. The van der Waals surface area contributed by atoms with Crippen molar-refractivity contribution in [3.63, 3.8) is 0 Å². The zero-order valence-electron chi connectivity index (χ0n) is 31.1. The number of hydrogen-bond donors (Lipinski definition) is 0. The van der Waals surface area contributed by atoms with Gasteiger partial charge in [0, 0.05) is 32.7 Å². The molecule has 3 aromatic heterocycles. The molecule has 5 nitrogen and oxygen atoms in total. The molecule has 3 heterocycles. The minimum atomic E-state index is 0.559. The first-order valence-corrected chi connectivity index (χ1v) is 19.4. The lowest BCUT2D eigenvalue weighted by atomic mass is 9.95. The first-order chi connectivity index (χ1) is 28.7. The number of benzene rings is 9. The maximum atomic E-state index is 6.46. The molecule has 12 aromatic rings. The normalized spacial score (nSPS) is 11.8. The molecule has 58 heavy (non-hydrogen) atoms. The van der Waals surface area contributed by atoms with E-state index in [9.17, 15) is 0 Å². The summed E-state index contributed by atoms with van der Waals surface area (Å²) in [6.45, 7) is 0. The highest BCUT2D eigenvalue weighted by Crippen LogP contribution is 2.40. The lowest BCUT2D eigenvalue weighted by Gasteiger charge is -2.11. The highest BCUT2D eigenvalue weighted by atomic mass is 16.3. The summed E-state index contributed by atoms with van der Waals surface area (Å²) >= 11 is 0. The van der Waals surface area contributed by atoms with E-state index in [1.54, 1.807) is 0 Å². The van der Waals surface area contributed by atoms with Crippen LogP contribution in [0.5, 0.6) is 0 Å². The molecule has 0 N–H and O–H groups in total. The largest absolute Gasteiger partial charge is 0.456 e. The van der Waals surface area contributed by atoms with Crippen molar-refractivity contribution in [2.75, 3.05) is 0 Å². The molecule has 270 valence electrons. The van der Waals surface area contributed by atoms with Crippen molar-refractivity contribution in [1.82, 2.24) is 15.0 Å². The van der Waals surface area contributed by atoms with Crippen LogP contribution in [0.15, 0.2) is 197 Å². The SMILES string of the molecule is c1ccc(-c2ccc3oc4cccc(-c5ccc6cc(-c7nc(-c8ccc9ccccc9c8)nc(-c8cccc9c8oc8ccccc89)n7)ccc6c5)c4c3c2)cc1. The van der Waals surface area contributed by atoms with Gasteiger partial charge in [0.2, 0.25) is 0 Å². The van der Waals surface area contributed by atoms with Gasteiger partial charge in [0.25, 0.3) is 0 Å². The van der Waals surface area contributed by atoms with E-state index in [-0.39, 0.29) is 0 Å². The van der Waals surface area contributed by atoms with Crippen molar-refractivity contribution in [2.45, 2.75) is 0 Å². The third-order valence-corrected chi connectivity index (χ3v) is 11.3. The molecule has 9 aromatic carbocycles. The Balaban J connectivity index is 0.992. The minimum absolute atomic E-state index is 0.559. The van der Waals surface area contributed by atoms with E-state index in [4.69, 9.17) is 23.8 Å². The van der Waals surface area contributed by atoms with Crippen LogP contribution in [-0.2, 0) is 0 Å². The molecule has 0 saturated carbocycles. The lowest BCUT2D eigenvalue weighted by Crippen LogP contribution is -2.00. The Kier molecular flexibility index (Phi) is 7.16. The fourth-order valence-electron chi connectivity index (χ4n) is 8.44. The van der Waals surface area contributed by atoms with E-state index in [0.717, 1.165) is 98.8 Å². The predicted molar refractivity (Wildman–Crippen MR) is 237 cm³/mol. The number of furan rings is 2. The van der Waals surface area contributed by atoms with Crippen molar-refractivity contribution in [3.8, 4) is 56.4 Å². The van der Waals surface area contributed by atoms with Gasteiger partial charge in [-0.05, 0) is 92.3 Å². The van der Waals surface area contributed by atoms with Crippen molar-refractivity contribution in [2.24, 2.45) is 0 Å². The van der Waals surface area contributed by atoms with Crippen molar-refractivity contribution < 1.29 is 8.83 Å². The zero-order valence-corrected chi connectivity index (χ0v) is 31.1. The van der Waals surface area contributed by atoms with Crippen molar-refractivity contribution in [1.29, 1.82) is 0 Å². The van der Waals surface area contributed by atoms with Crippen LogP contribution in [0, 0.1) is 0 Å². The average Bonchev–Trinajstić information content (AvgIpc) is 3.87. The number of rotatable bonds is 5. The van der Waals surface area contributed by atoms with Crippen LogP contribution in [0.4, 0.5) is 0 Å². The van der Waals surface area contributed by atoms with Crippen LogP contribution in [0.25, 0.3) is 122 Å². The van der Waals surface area contributed by atoms with Gasteiger partial charge in [-0.2, -0.15) is 0 Å². The van der Waals surface area contributed by atoms with Crippen LogP contribution in [0.3, 0.4) is 0 Å². The van der Waals surface area contributed by atoms with E-state index in [1.165, 1.54) is 5.56 Å². The molecule has 0 radical (unpaired) electrons. The zero-order chi connectivity index (χ0) is 38.2. The van der Waals surface area contributed by atoms with Crippen LogP contribution < -0.4 is 0 Å². The molecule has 0 bridgehead atoms. The fourth-order valence-corrected chi connectivity index (χ4v) is 8.44. The summed E-state index contributed by atoms with van der Waals surface area (Å²) in [6, 6.07) is 65.3. The number of para-hydroxylation sites is 2. The molecule has 0 atom stereocenters. The van der Waals surface area contributed by atoms with Gasteiger partial charge < -0.3 is 8.83 Å². The number of fused-ring (bicyclic) bond motifs is 8. The molecule has 0 saturated heterocycles. The van der Waals surface area contributed by atoms with Gasteiger partial charge in [-0.1, -0.05) is 140 Å². The first-order valence-electron chi connectivity index (χ1n) is 19.4. The van der Waals surface area contributed by atoms with Gasteiger partial charge in [0.15, 0.2) is 17.5 Å². The van der Waals surface area contributed by atoms with Crippen LogP contribution in [0.1, 0.15) is 0 Å². The Morgan fingerprint density at radius 3 is 1.69 bits per heavy atom. The summed E-state index contributed by atoms with van der Waals surface area (Å²) in [7, 11) is 0. The van der Waals surface area contributed by atoms with Crippen molar-refractivity contribution >= 4 is 65.4 Å². The Bertz CT molecular complexity index is 3580. The average molecular weight is 742 g/mol. The van der Waals surface area contributed by atoms with Crippen LogP contribution >= 0.6 is 0 Å². The van der Waals surface area contributed by atoms with Gasteiger partial charge in [0.05, 0.1) is 5.56 Å². The van der Waals surface area contributed by atoms with Gasteiger partial charge in [-0.3, -0.25) is 0 Å². The number of hydrogen-bond acceptors (Lipinski definition) is 5. The fraction of sp³-hybridized carbons (Fsp3) is 0. The van der Waals surface area contributed by atoms with Crippen LogP contribution in [-0.4, -0.2) is 15.0 Å². The van der Waals surface area contributed by atoms with E-state index < -0.39 is 0 Å². The second-order valence-corrected chi connectivity index (χ2v) is 14.8. The minimum Gasteiger partial charge on any atom is -0.456 e. The smallest absolute Gasteiger partial charge is 0.167 e. The molecule has 0 spiro atoms. The van der Waals surface area contributed by atoms with Crippen LogP contribution in [0.2, 0.25) is 0 Å². The molecule has 0 fully saturated rings. The summed E-state index contributed by atoms with van der Waals surface area (Å²) in [4.78, 5) is 15.4. The maximum absolute atomic E-state index is 6.46. The molecule has 0 aliphatic carbocycles. The standard InChI is InChI=1S/C53H31N3O2/c1-2-10-32(11-3-1)37-26-27-47-45(31-37)49-41(15-9-19-48(49)57-47)38-23-21-36-30-40(25-22-35(36)28-38)52-54-51(39-24-20-33-12-4-5-13-34(33)29-39)55-53(56-52)44-17-8-16-43-42-14-6-7-18-46(42)58-50(43)44/h1-31H. The molecule has 5 heteroatoms. The molecular weight excluding hydrogens is 711 g/mol. The topological polar surface area (TPSA) is 65.0 Å². The Labute approximate surface area is 332 Å². The molecule has 0 amide bonds. The molecule has 0 aliphatic rings. The molecule has 12 rings (SSSR count). The predicted octanol–water partition coefficient (Wildman–Crippen LogP) is 14.3. The second-order valence-electron chi connectivity index (χ2n) is 14.8. The summed E-state index contributed by atoms with van der Waals surface area (Å²) in [5, 5.41) is 8.80. The maximum Gasteiger partial charge on any atom is 0.167 e. The Morgan fingerprint density at radius 1 is 0.293 bits per heavy atom. The molecular formula is C53H31N3O2. The number of aromatic nitrogens is 3. The lowest BCUT2D eigenvalue weighted by molar-refractivity contribution is 0.669. The summed E-state index contributed by atoms with van der Waals surface area (Å²) in [5.41, 5.74) is 10.6. The third-order valence-electron chi connectivity index (χ3n) is 11.3. The molecule has 0 unspecified atom stereocenters. The highest BCUT2D eigenvalue weighted by Gasteiger charge is 2.19. The highest BCUT2D eigenvalue weighted by molar-refractivity contribution is 6.14. The second kappa shape index (κ2) is 12.8. The van der Waals surface area contributed by atoms with E-state index >= 15 is 0 Å². The van der Waals surface area contributed by atoms with Gasteiger partial charge in [-0.25, -0.2) is 15.0 Å². The van der Waals surface area contributed by atoms with E-state index in [0.29, 0.717) is 17.5 Å². The van der Waals surface area contributed by atoms with E-state index in [2.05, 4.69) is 152 Å². The summed E-state index contributed by atoms with van der Waals surface area (Å²) < 4.78 is 12.8.